The van der Waals surface area contributed by atoms with Crippen molar-refractivity contribution in [2.45, 2.75) is 45.6 Å². The van der Waals surface area contributed by atoms with Crippen molar-refractivity contribution in [1.29, 1.82) is 0 Å². The summed E-state index contributed by atoms with van der Waals surface area (Å²) >= 11 is 6.17. The van der Waals surface area contributed by atoms with Crippen LogP contribution in [0.5, 0.6) is 0 Å². The van der Waals surface area contributed by atoms with E-state index in [9.17, 15) is 4.79 Å². The van der Waals surface area contributed by atoms with E-state index in [-0.39, 0.29) is 11.9 Å². The van der Waals surface area contributed by atoms with Crippen LogP contribution in [0.4, 0.5) is 0 Å². The van der Waals surface area contributed by atoms with Gasteiger partial charge in [-0.2, -0.15) is 0 Å². The Labute approximate surface area is 141 Å². The van der Waals surface area contributed by atoms with Crippen LogP contribution in [0.25, 0.3) is 11.0 Å². The molecule has 0 aliphatic heterocycles. The summed E-state index contributed by atoms with van der Waals surface area (Å²) in [6.45, 7) is 4.05. The van der Waals surface area contributed by atoms with E-state index < -0.39 is 0 Å². The molecule has 23 heavy (non-hydrogen) atoms. The van der Waals surface area contributed by atoms with Crippen molar-refractivity contribution in [3.05, 3.63) is 34.5 Å². The van der Waals surface area contributed by atoms with Gasteiger partial charge in [0.25, 0.3) is 5.91 Å². The van der Waals surface area contributed by atoms with Crippen LogP contribution >= 0.6 is 11.6 Å². The van der Waals surface area contributed by atoms with E-state index in [4.69, 9.17) is 16.0 Å². The van der Waals surface area contributed by atoms with Crippen LogP contribution in [0.1, 0.15) is 48.7 Å². The zero-order valence-corrected chi connectivity index (χ0v) is 14.3. The Kier molecular flexibility index (Phi) is 3.64. The van der Waals surface area contributed by atoms with Crippen LogP contribution in [-0.4, -0.2) is 11.9 Å². The van der Waals surface area contributed by atoms with E-state index in [1.165, 1.54) is 25.7 Å². The van der Waals surface area contributed by atoms with Crippen LogP contribution < -0.4 is 5.32 Å². The lowest BCUT2D eigenvalue weighted by Gasteiger charge is -2.28. The highest BCUT2D eigenvalue weighted by atomic mass is 35.5. The molecule has 122 valence electrons. The minimum Gasteiger partial charge on any atom is -0.449 e. The van der Waals surface area contributed by atoms with Gasteiger partial charge in [0, 0.05) is 17.0 Å². The Morgan fingerprint density at radius 3 is 2.83 bits per heavy atom. The number of benzene rings is 1. The fourth-order valence-corrected chi connectivity index (χ4v) is 4.92. The molecule has 2 saturated carbocycles. The fourth-order valence-electron chi connectivity index (χ4n) is 4.71. The highest BCUT2D eigenvalue weighted by molar-refractivity contribution is 6.35. The van der Waals surface area contributed by atoms with Crippen molar-refractivity contribution in [1.82, 2.24) is 5.32 Å². The summed E-state index contributed by atoms with van der Waals surface area (Å²) in [5.41, 5.74) is 1.46. The molecule has 2 aromatic rings. The lowest BCUT2D eigenvalue weighted by atomic mass is 9.84. The number of carbonyl (C=O) groups excluding carboxylic acids is 1. The molecule has 1 N–H and O–H groups in total. The number of furan rings is 1. The molecule has 4 atom stereocenters. The molecule has 1 aromatic heterocycles. The van der Waals surface area contributed by atoms with Crippen LogP contribution in [0.2, 0.25) is 5.02 Å². The minimum absolute atomic E-state index is 0.120. The first kappa shape index (κ1) is 15.1. The maximum absolute atomic E-state index is 12.7. The third-order valence-electron chi connectivity index (χ3n) is 5.92. The highest BCUT2D eigenvalue weighted by Crippen LogP contribution is 2.49. The Balaban J connectivity index is 1.55. The monoisotopic (exact) mass is 331 g/mol. The standard InChI is InChI=1S/C19H22ClNO2/c1-10-14-4-3-5-16(20)18(14)23-17(10)19(22)21-11(2)15-9-12-6-7-13(15)8-12/h3-5,11-13,15H,6-9H2,1-2H3,(H,21,22)/t11-,12-,13-,15+/m0/s1. The SMILES string of the molecule is Cc1c(C(=O)N[C@@H](C)[C@H]2C[C@H]3CC[C@H]2C3)oc2c(Cl)cccc12. The fraction of sp³-hybridized carbons (Fsp3) is 0.526. The molecule has 4 rings (SSSR count). The Morgan fingerprint density at radius 1 is 1.35 bits per heavy atom. The quantitative estimate of drug-likeness (QED) is 0.864. The van der Waals surface area contributed by atoms with Gasteiger partial charge in [0.1, 0.15) is 0 Å². The average Bonchev–Trinajstić information content (AvgIpc) is 3.22. The molecule has 2 bridgehead atoms. The predicted octanol–water partition coefficient (Wildman–Crippen LogP) is 4.95. The van der Waals surface area contributed by atoms with E-state index in [1.54, 1.807) is 6.07 Å². The molecule has 0 saturated heterocycles. The molecular formula is C19H22ClNO2. The Morgan fingerprint density at radius 2 is 2.17 bits per heavy atom. The van der Waals surface area contributed by atoms with Crippen molar-refractivity contribution >= 4 is 28.5 Å². The summed E-state index contributed by atoms with van der Waals surface area (Å²) in [4.78, 5) is 12.7. The number of fused-ring (bicyclic) bond motifs is 3. The maximum atomic E-state index is 12.7. The third-order valence-corrected chi connectivity index (χ3v) is 6.21. The number of amides is 1. The Hall–Kier alpha value is -1.48. The summed E-state index contributed by atoms with van der Waals surface area (Å²) < 4.78 is 5.77. The van der Waals surface area contributed by atoms with Gasteiger partial charge >= 0.3 is 0 Å². The number of aryl methyl sites for hydroxylation is 1. The number of hydrogen-bond acceptors (Lipinski definition) is 2. The first-order chi connectivity index (χ1) is 11.0. The smallest absolute Gasteiger partial charge is 0.287 e. The van der Waals surface area contributed by atoms with Gasteiger partial charge in [0.05, 0.1) is 5.02 Å². The van der Waals surface area contributed by atoms with Gasteiger partial charge in [-0.15, -0.1) is 0 Å². The van der Waals surface area contributed by atoms with Gasteiger partial charge in [-0.05, 0) is 56.9 Å². The van der Waals surface area contributed by atoms with Gasteiger partial charge in [-0.25, -0.2) is 0 Å². The third kappa shape index (κ3) is 2.46. The van der Waals surface area contributed by atoms with E-state index in [0.717, 1.165) is 22.8 Å². The maximum Gasteiger partial charge on any atom is 0.287 e. The lowest BCUT2D eigenvalue weighted by molar-refractivity contribution is 0.0888. The number of carbonyl (C=O) groups is 1. The molecule has 1 amide bonds. The van der Waals surface area contributed by atoms with Crippen LogP contribution in [0.3, 0.4) is 0 Å². The van der Waals surface area contributed by atoms with Gasteiger partial charge < -0.3 is 9.73 Å². The van der Waals surface area contributed by atoms with E-state index in [2.05, 4.69) is 12.2 Å². The number of hydrogen-bond donors (Lipinski definition) is 1. The molecule has 2 aliphatic rings. The zero-order chi connectivity index (χ0) is 16.1. The van der Waals surface area contributed by atoms with Crippen molar-refractivity contribution in [3.63, 3.8) is 0 Å². The summed E-state index contributed by atoms with van der Waals surface area (Å²) in [6, 6.07) is 5.80. The van der Waals surface area contributed by atoms with Gasteiger partial charge in [0.2, 0.25) is 0 Å². The average molecular weight is 332 g/mol. The molecule has 4 heteroatoms. The van der Waals surface area contributed by atoms with E-state index in [1.807, 2.05) is 19.1 Å². The van der Waals surface area contributed by atoms with E-state index in [0.29, 0.717) is 22.3 Å². The van der Waals surface area contributed by atoms with E-state index >= 15 is 0 Å². The second kappa shape index (κ2) is 5.55. The second-order valence-corrected chi connectivity index (χ2v) is 7.68. The molecule has 0 radical (unpaired) electrons. The first-order valence-corrected chi connectivity index (χ1v) is 8.91. The summed E-state index contributed by atoms with van der Waals surface area (Å²) in [5, 5.41) is 4.63. The summed E-state index contributed by atoms with van der Waals surface area (Å²) in [7, 11) is 0. The second-order valence-electron chi connectivity index (χ2n) is 7.27. The molecule has 1 aromatic carbocycles. The highest BCUT2D eigenvalue weighted by Gasteiger charge is 2.42. The topological polar surface area (TPSA) is 42.2 Å². The van der Waals surface area contributed by atoms with Gasteiger partial charge in [0.15, 0.2) is 11.3 Å². The van der Waals surface area contributed by atoms with Crippen LogP contribution in [-0.2, 0) is 0 Å². The summed E-state index contributed by atoms with van der Waals surface area (Å²) in [5.74, 6) is 2.57. The van der Waals surface area contributed by atoms with Crippen LogP contribution in [0, 0.1) is 24.7 Å². The van der Waals surface area contributed by atoms with Gasteiger partial charge in [-0.1, -0.05) is 30.2 Å². The predicted molar refractivity (Wildman–Crippen MR) is 91.8 cm³/mol. The number of rotatable bonds is 3. The molecule has 0 unspecified atom stereocenters. The lowest BCUT2D eigenvalue weighted by Crippen LogP contribution is -2.40. The first-order valence-electron chi connectivity index (χ1n) is 8.53. The van der Waals surface area contributed by atoms with Crippen molar-refractivity contribution < 1.29 is 9.21 Å². The van der Waals surface area contributed by atoms with Gasteiger partial charge in [-0.3, -0.25) is 4.79 Å². The molecular weight excluding hydrogens is 310 g/mol. The molecule has 3 nitrogen and oxygen atoms in total. The molecule has 0 spiro atoms. The minimum atomic E-state index is -0.120. The van der Waals surface area contributed by atoms with Crippen molar-refractivity contribution in [2.24, 2.45) is 17.8 Å². The Bertz CT molecular complexity index is 766. The van der Waals surface area contributed by atoms with Crippen LogP contribution in [0.15, 0.2) is 22.6 Å². The molecule has 1 heterocycles. The molecule has 2 fully saturated rings. The summed E-state index contributed by atoms with van der Waals surface area (Å²) in [6.07, 6.45) is 5.32. The largest absolute Gasteiger partial charge is 0.449 e. The normalized spacial score (nSPS) is 27.5. The van der Waals surface area contributed by atoms with Crippen molar-refractivity contribution in [2.75, 3.05) is 0 Å². The van der Waals surface area contributed by atoms with Crippen molar-refractivity contribution in [3.8, 4) is 0 Å². The zero-order valence-electron chi connectivity index (χ0n) is 13.6. The number of para-hydroxylation sites is 1. The number of halogens is 1. The molecule has 2 aliphatic carbocycles. The number of nitrogens with one attached hydrogen (secondary N) is 1.